The Bertz CT molecular complexity index is 1180. The summed E-state index contributed by atoms with van der Waals surface area (Å²) in [5.41, 5.74) is 3.88. The lowest BCUT2D eigenvalue weighted by molar-refractivity contribution is 0.0322. The average Bonchev–Trinajstić information content (AvgIpc) is 3.08. The van der Waals surface area contributed by atoms with Crippen molar-refractivity contribution in [2.45, 2.75) is 20.4 Å². The van der Waals surface area contributed by atoms with Crippen LogP contribution in [0.25, 0.3) is 32.6 Å². The number of aromatic nitrogens is 2. The molecule has 0 spiro atoms. The molecular formula is C24H27N3O2. The highest BCUT2D eigenvalue weighted by Crippen LogP contribution is 2.36. The maximum Gasteiger partial charge on any atom is 0.120 e. The molecule has 0 unspecified atom stereocenters. The molecule has 1 aliphatic rings. The molecule has 29 heavy (non-hydrogen) atoms. The summed E-state index contributed by atoms with van der Waals surface area (Å²) in [6, 6.07) is 10.9. The van der Waals surface area contributed by atoms with E-state index >= 15 is 0 Å². The fourth-order valence-corrected chi connectivity index (χ4v) is 4.59. The van der Waals surface area contributed by atoms with Gasteiger partial charge in [0.25, 0.3) is 0 Å². The highest BCUT2D eigenvalue weighted by molar-refractivity contribution is 6.14. The summed E-state index contributed by atoms with van der Waals surface area (Å²) in [6.45, 7) is 10.6. The molecule has 0 radical (unpaired) electrons. The van der Waals surface area contributed by atoms with Gasteiger partial charge >= 0.3 is 0 Å². The number of benzene rings is 2. The topological polar surface area (TPSA) is 39.5 Å². The minimum absolute atomic E-state index is 0.698. The summed E-state index contributed by atoms with van der Waals surface area (Å²) >= 11 is 0. The van der Waals surface area contributed by atoms with Crippen molar-refractivity contribution in [2.75, 3.05) is 39.5 Å². The second kappa shape index (κ2) is 7.65. The zero-order valence-corrected chi connectivity index (χ0v) is 17.1. The number of morpholine rings is 1. The first-order valence-corrected chi connectivity index (χ1v) is 10.5. The van der Waals surface area contributed by atoms with Crippen LogP contribution in [0.5, 0.6) is 5.75 Å². The molecule has 0 saturated carbocycles. The maximum absolute atomic E-state index is 6.12. The third-order valence-corrected chi connectivity index (χ3v) is 6.08. The molecule has 0 atom stereocenters. The van der Waals surface area contributed by atoms with Crippen molar-refractivity contribution in [3.63, 3.8) is 0 Å². The molecule has 0 amide bonds. The molecule has 5 nitrogen and oxygen atoms in total. The lowest BCUT2D eigenvalue weighted by atomic mass is 10.0. The van der Waals surface area contributed by atoms with Crippen LogP contribution in [0.3, 0.4) is 0 Å². The fourth-order valence-electron chi connectivity index (χ4n) is 4.59. The van der Waals surface area contributed by atoms with Crippen molar-refractivity contribution < 1.29 is 9.47 Å². The number of nitrogens with zero attached hydrogens (tertiary/aromatic N) is 3. The van der Waals surface area contributed by atoms with Gasteiger partial charge in [0.1, 0.15) is 12.4 Å². The van der Waals surface area contributed by atoms with Crippen LogP contribution in [0.1, 0.15) is 12.5 Å². The molecule has 150 valence electrons. The van der Waals surface area contributed by atoms with E-state index in [1.807, 2.05) is 12.4 Å². The van der Waals surface area contributed by atoms with Crippen LogP contribution in [-0.4, -0.2) is 53.9 Å². The highest BCUT2D eigenvalue weighted by atomic mass is 16.5. The molecule has 1 fully saturated rings. The Hall–Kier alpha value is -2.63. The molecule has 0 N–H and O–H groups in total. The molecule has 0 aliphatic carbocycles. The Morgan fingerprint density at radius 1 is 1.07 bits per heavy atom. The van der Waals surface area contributed by atoms with Crippen LogP contribution in [0.2, 0.25) is 0 Å². The van der Waals surface area contributed by atoms with Gasteiger partial charge in [-0.05, 0) is 55.1 Å². The zero-order valence-electron chi connectivity index (χ0n) is 17.1. The van der Waals surface area contributed by atoms with Gasteiger partial charge in [-0.2, -0.15) is 0 Å². The van der Waals surface area contributed by atoms with E-state index in [2.05, 4.69) is 58.6 Å². The van der Waals surface area contributed by atoms with Gasteiger partial charge in [-0.3, -0.25) is 9.88 Å². The van der Waals surface area contributed by atoms with Crippen LogP contribution in [-0.2, 0) is 11.3 Å². The average molecular weight is 389 g/mol. The lowest BCUT2D eigenvalue weighted by Gasteiger charge is -2.26. The Kier molecular flexibility index (Phi) is 4.86. The van der Waals surface area contributed by atoms with E-state index in [1.54, 1.807) is 0 Å². The molecule has 4 aromatic rings. The van der Waals surface area contributed by atoms with E-state index in [9.17, 15) is 0 Å². The highest BCUT2D eigenvalue weighted by Gasteiger charge is 2.15. The third-order valence-electron chi connectivity index (χ3n) is 6.08. The van der Waals surface area contributed by atoms with Crippen molar-refractivity contribution in [1.29, 1.82) is 0 Å². The molecule has 5 heteroatoms. The first-order valence-electron chi connectivity index (χ1n) is 10.5. The summed E-state index contributed by atoms with van der Waals surface area (Å²) in [7, 11) is 0. The Labute approximate surface area is 170 Å². The van der Waals surface area contributed by atoms with Gasteiger partial charge in [-0.15, -0.1) is 0 Å². The second-order valence-corrected chi connectivity index (χ2v) is 7.72. The number of fused-ring (bicyclic) bond motifs is 4. The van der Waals surface area contributed by atoms with Crippen LogP contribution >= 0.6 is 0 Å². The van der Waals surface area contributed by atoms with Gasteiger partial charge in [-0.25, -0.2) is 0 Å². The first kappa shape index (κ1) is 18.4. The van der Waals surface area contributed by atoms with E-state index in [0.717, 1.165) is 45.1 Å². The minimum Gasteiger partial charge on any atom is -0.492 e. The quantitative estimate of drug-likeness (QED) is 0.508. The minimum atomic E-state index is 0.698. The summed E-state index contributed by atoms with van der Waals surface area (Å²) in [5, 5.41) is 4.98. The maximum atomic E-state index is 6.12. The molecule has 0 bridgehead atoms. The first-order chi connectivity index (χ1) is 14.3. The van der Waals surface area contributed by atoms with Crippen LogP contribution < -0.4 is 4.74 Å². The molecule has 2 aromatic heterocycles. The molecule has 5 rings (SSSR count). The van der Waals surface area contributed by atoms with Gasteiger partial charge in [0, 0.05) is 60.2 Å². The van der Waals surface area contributed by atoms with Gasteiger partial charge in [0.15, 0.2) is 0 Å². The third kappa shape index (κ3) is 3.24. The second-order valence-electron chi connectivity index (χ2n) is 7.72. The molecule has 3 heterocycles. The number of hydrogen-bond donors (Lipinski definition) is 0. The van der Waals surface area contributed by atoms with Crippen LogP contribution in [0.4, 0.5) is 0 Å². The summed E-state index contributed by atoms with van der Waals surface area (Å²) in [5.74, 6) is 0.935. The SMILES string of the molecule is CCn1c2ccc(OCCN3CCOCC3)cc2c2cc3cnccc3c(C)c21. The Morgan fingerprint density at radius 3 is 2.76 bits per heavy atom. The molecule has 1 aliphatic heterocycles. The number of pyridine rings is 1. The van der Waals surface area contributed by atoms with E-state index in [-0.39, 0.29) is 0 Å². The number of rotatable bonds is 5. The fraction of sp³-hybridized carbons (Fsp3) is 0.375. The Balaban J connectivity index is 1.53. The van der Waals surface area contributed by atoms with Gasteiger partial charge in [-0.1, -0.05) is 0 Å². The largest absolute Gasteiger partial charge is 0.492 e. The summed E-state index contributed by atoms with van der Waals surface area (Å²) in [4.78, 5) is 6.72. The smallest absolute Gasteiger partial charge is 0.120 e. The summed E-state index contributed by atoms with van der Waals surface area (Å²) in [6.07, 6.45) is 3.83. The number of ether oxygens (including phenoxy) is 2. The predicted octanol–water partition coefficient (Wildman–Crippen LogP) is 4.38. The Morgan fingerprint density at radius 2 is 1.93 bits per heavy atom. The van der Waals surface area contributed by atoms with Gasteiger partial charge in [0.2, 0.25) is 0 Å². The molecule has 2 aromatic carbocycles. The van der Waals surface area contributed by atoms with Crippen LogP contribution in [0.15, 0.2) is 42.7 Å². The molecule has 1 saturated heterocycles. The van der Waals surface area contributed by atoms with Gasteiger partial charge in [0.05, 0.1) is 18.7 Å². The van der Waals surface area contributed by atoms with Crippen molar-refractivity contribution in [1.82, 2.24) is 14.5 Å². The lowest BCUT2D eigenvalue weighted by Crippen LogP contribution is -2.38. The molecular weight excluding hydrogens is 362 g/mol. The van der Waals surface area contributed by atoms with Crippen molar-refractivity contribution >= 4 is 32.6 Å². The van der Waals surface area contributed by atoms with Crippen molar-refractivity contribution in [2.24, 2.45) is 0 Å². The number of aryl methyl sites for hydroxylation is 2. The van der Waals surface area contributed by atoms with E-state index < -0.39 is 0 Å². The number of hydrogen-bond acceptors (Lipinski definition) is 4. The standard InChI is InChI=1S/C24H27N3O2/c1-3-27-23-5-4-19(29-13-10-26-8-11-28-12-9-26)15-21(23)22-14-18-16-25-7-6-20(18)17(2)24(22)27/h4-7,14-16H,3,8-13H2,1-2H3. The predicted molar refractivity (Wildman–Crippen MR) is 118 cm³/mol. The van der Waals surface area contributed by atoms with Gasteiger partial charge < -0.3 is 14.0 Å². The van der Waals surface area contributed by atoms with E-state index in [1.165, 1.54) is 38.1 Å². The van der Waals surface area contributed by atoms with E-state index in [4.69, 9.17) is 9.47 Å². The monoisotopic (exact) mass is 389 g/mol. The van der Waals surface area contributed by atoms with Crippen molar-refractivity contribution in [3.8, 4) is 5.75 Å². The summed E-state index contributed by atoms with van der Waals surface area (Å²) < 4.78 is 14.0. The zero-order chi connectivity index (χ0) is 19.8. The van der Waals surface area contributed by atoms with Crippen LogP contribution in [0, 0.1) is 6.92 Å². The normalized spacial score (nSPS) is 15.5. The van der Waals surface area contributed by atoms with Crippen molar-refractivity contribution in [3.05, 3.63) is 48.3 Å². The van der Waals surface area contributed by atoms with E-state index in [0.29, 0.717) is 6.61 Å².